The van der Waals surface area contributed by atoms with Crippen molar-refractivity contribution < 1.29 is 17.6 Å². The molecule has 4 rings (SSSR count). The van der Waals surface area contributed by atoms with Gasteiger partial charge in [-0.25, -0.2) is 8.42 Å². The molecule has 3 aromatic carbocycles. The molecule has 0 radical (unpaired) electrons. The zero-order valence-electron chi connectivity index (χ0n) is 20.4. The van der Waals surface area contributed by atoms with Crippen LogP contribution >= 0.6 is 0 Å². The smallest absolute Gasteiger partial charge is 0.322 e. The largest absolute Gasteiger partial charge is 0.407 e. The number of sulfonamides is 1. The topological polar surface area (TPSA) is 105 Å². The first kappa shape index (κ1) is 25.3. The van der Waals surface area contributed by atoms with Crippen LogP contribution < -0.4 is 5.32 Å². The molecule has 0 unspecified atom stereocenters. The third kappa shape index (κ3) is 5.87. The molecule has 1 aromatic heterocycles. The monoisotopic (exact) mass is 504 g/mol. The van der Waals surface area contributed by atoms with Crippen molar-refractivity contribution >= 4 is 21.9 Å². The summed E-state index contributed by atoms with van der Waals surface area (Å²) in [6.45, 7) is 6.43. The van der Waals surface area contributed by atoms with E-state index in [0.717, 1.165) is 16.7 Å². The molecule has 1 amide bonds. The summed E-state index contributed by atoms with van der Waals surface area (Å²) in [5.41, 5.74) is 4.53. The van der Waals surface area contributed by atoms with Crippen LogP contribution in [0.1, 0.15) is 45.4 Å². The number of hydrogen-bond donors (Lipinski definition) is 1. The van der Waals surface area contributed by atoms with Crippen LogP contribution in [-0.4, -0.2) is 35.4 Å². The maximum absolute atomic E-state index is 13.1. The van der Waals surface area contributed by atoms with Gasteiger partial charge in [0.05, 0.1) is 11.3 Å². The molecule has 0 aliphatic rings. The third-order valence-electron chi connectivity index (χ3n) is 5.84. The fourth-order valence-electron chi connectivity index (χ4n) is 3.83. The average molecular weight is 505 g/mol. The first-order valence-corrected chi connectivity index (χ1v) is 13.0. The molecule has 1 heterocycles. The Kier molecular flexibility index (Phi) is 7.61. The number of aryl methyl sites for hydroxylation is 2. The lowest BCUT2D eigenvalue weighted by Crippen LogP contribution is -2.30. The van der Waals surface area contributed by atoms with E-state index in [-0.39, 0.29) is 23.0 Å². The Morgan fingerprint density at radius 2 is 1.69 bits per heavy atom. The summed E-state index contributed by atoms with van der Waals surface area (Å²) in [6, 6.07) is 21.3. The summed E-state index contributed by atoms with van der Waals surface area (Å²) in [7, 11) is -3.72. The number of nitrogens with one attached hydrogen (secondary N) is 1. The van der Waals surface area contributed by atoms with Crippen molar-refractivity contribution in [2.24, 2.45) is 0 Å². The summed E-state index contributed by atoms with van der Waals surface area (Å²) >= 11 is 0. The van der Waals surface area contributed by atoms with Crippen LogP contribution in [0.2, 0.25) is 0 Å². The molecule has 4 aromatic rings. The molecule has 36 heavy (non-hydrogen) atoms. The highest BCUT2D eigenvalue weighted by atomic mass is 32.2. The molecule has 0 atom stereocenters. The summed E-state index contributed by atoms with van der Waals surface area (Å²) in [4.78, 5) is 12.8. The lowest BCUT2D eigenvalue weighted by molar-refractivity contribution is 0.102. The van der Waals surface area contributed by atoms with Crippen molar-refractivity contribution in [3.63, 3.8) is 0 Å². The minimum absolute atomic E-state index is 0.0171. The standard InChI is InChI=1S/C27H28N4O4S/c1-4-31(18-21-8-6-5-7-9-21)36(33,34)24-14-12-22(13-15-24)26(32)28-27-30-29-25(35-27)17-23-11-10-19(2)16-20(23)3/h5-16H,4,17-18H2,1-3H3,(H,28,30,32). The Bertz CT molecular complexity index is 1450. The van der Waals surface area contributed by atoms with Crippen LogP contribution in [-0.2, 0) is 23.0 Å². The number of nitrogens with zero attached hydrogens (tertiary/aromatic N) is 3. The lowest BCUT2D eigenvalue weighted by Gasteiger charge is -2.20. The molecular formula is C27H28N4O4S. The Morgan fingerprint density at radius 3 is 2.36 bits per heavy atom. The van der Waals surface area contributed by atoms with Crippen molar-refractivity contribution in [1.82, 2.24) is 14.5 Å². The van der Waals surface area contributed by atoms with E-state index in [1.54, 1.807) is 6.92 Å². The van der Waals surface area contributed by atoms with Crippen LogP contribution in [0.4, 0.5) is 6.01 Å². The van der Waals surface area contributed by atoms with Crippen molar-refractivity contribution in [2.75, 3.05) is 11.9 Å². The van der Waals surface area contributed by atoms with E-state index in [0.29, 0.717) is 18.9 Å². The number of carbonyl (C=O) groups is 1. The first-order chi connectivity index (χ1) is 17.3. The molecule has 0 saturated heterocycles. The minimum atomic E-state index is -3.72. The van der Waals surface area contributed by atoms with Gasteiger partial charge in [-0.3, -0.25) is 10.1 Å². The van der Waals surface area contributed by atoms with Gasteiger partial charge in [-0.15, -0.1) is 5.10 Å². The predicted octanol–water partition coefficient (Wildman–Crippen LogP) is 4.74. The molecule has 0 aliphatic carbocycles. The van der Waals surface area contributed by atoms with Gasteiger partial charge in [-0.1, -0.05) is 66.1 Å². The predicted molar refractivity (Wildman–Crippen MR) is 137 cm³/mol. The molecular weight excluding hydrogens is 476 g/mol. The van der Waals surface area contributed by atoms with Gasteiger partial charge in [0.15, 0.2) is 0 Å². The van der Waals surface area contributed by atoms with Crippen molar-refractivity contribution in [1.29, 1.82) is 0 Å². The number of rotatable bonds is 9. The molecule has 0 spiro atoms. The van der Waals surface area contributed by atoms with Gasteiger partial charge >= 0.3 is 6.01 Å². The molecule has 8 nitrogen and oxygen atoms in total. The second kappa shape index (κ2) is 10.8. The Hall–Kier alpha value is -3.82. The normalized spacial score (nSPS) is 11.6. The molecule has 186 valence electrons. The van der Waals surface area contributed by atoms with E-state index in [1.807, 2.05) is 56.3 Å². The van der Waals surface area contributed by atoms with Gasteiger partial charge in [-0.05, 0) is 54.8 Å². The first-order valence-electron chi connectivity index (χ1n) is 11.6. The summed E-state index contributed by atoms with van der Waals surface area (Å²) in [6.07, 6.45) is 0.457. The second-order valence-electron chi connectivity index (χ2n) is 8.50. The minimum Gasteiger partial charge on any atom is -0.407 e. The zero-order chi connectivity index (χ0) is 25.7. The van der Waals surface area contributed by atoms with Crippen LogP contribution in [0.15, 0.2) is 82.1 Å². The van der Waals surface area contributed by atoms with Crippen molar-refractivity contribution in [3.8, 4) is 0 Å². The molecule has 9 heteroatoms. The molecule has 1 N–H and O–H groups in total. The fourth-order valence-corrected chi connectivity index (χ4v) is 5.27. The number of carbonyl (C=O) groups excluding carboxylic acids is 1. The highest BCUT2D eigenvalue weighted by Gasteiger charge is 2.23. The highest BCUT2D eigenvalue weighted by molar-refractivity contribution is 7.89. The van der Waals surface area contributed by atoms with Crippen LogP contribution in [0.5, 0.6) is 0 Å². The third-order valence-corrected chi connectivity index (χ3v) is 7.77. The maximum atomic E-state index is 13.1. The Labute approximate surface area is 211 Å². The van der Waals surface area contributed by atoms with E-state index in [1.165, 1.54) is 34.1 Å². The second-order valence-corrected chi connectivity index (χ2v) is 10.4. The van der Waals surface area contributed by atoms with E-state index < -0.39 is 15.9 Å². The SMILES string of the molecule is CCN(Cc1ccccc1)S(=O)(=O)c1ccc(C(=O)Nc2nnc(Cc3ccc(C)cc3C)o2)cc1. The van der Waals surface area contributed by atoms with Crippen LogP contribution in [0.25, 0.3) is 0 Å². The van der Waals surface area contributed by atoms with Gasteiger partial charge in [0.2, 0.25) is 15.9 Å². The quantitative estimate of drug-likeness (QED) is 0.353. The maximum Gasteiger partial charge on any atom is 0.322 e. The number of anilines is 1. The number of benzene rings is 3. The molecule has 0 saturated carbocycles. The van der Waals surface area contributed by atoms with Gasteiger partial charge < -0.3 is 4.42 Å². The molecule has 0 bridgehead atoms. The Morgan fingerprint density at radius 1 is 0.972 bits per heavy atom. The van der Waals surface area contributed by atoms with Gasteiger partial charge in [0.1, 0.15) is 0 Å². The zero-order valence-corrected chi connectivity index (χ0v) is 21.2. The Balaban J connectivity index is 1.42. The molecule has 0 aliphatic heterocycles. The van der Waals surface area contributed by atoms with E-state index in [2.05, 4.69) is 21.6 Å². The number of hydrogen-bond acceptors (Lipinski definition) is 6. The van der Waals surface area contributed by atoms with Crippen molar-refractivity contribution in [3.05, 3.63) is 107 Å². The molecule has 0 fully saturated rings. The highest BCUT2D eigenvalue weighted by Crippen LogP contribution is 2.20. The van der Waals surface area contributed by atoms with Gasteiger partial charge in [0.25, 0.3) is 5.91 Å². The average Bonchev–Trinajstić information content (AvgIpc) is 3.31. The van der Waals surface area contributed by atoms with Gasteiger partial charge in [-0.2, -0.15) is 4.31 Å². The summed E-state index contributed by atoms with van der Waals surface area (Å²) in [5.74, 6) is -0.0888. The number of amides is 1. The number of aromatic nitrogens is 2. The summed E-state index contributed by atoms with van der Waals surface area (Å²) in [5, 5.41) is 10.5. The summed E-state index contributed by atoms with van der Waals surface area (Å²) < 4.78 is 33.2. The van der Waals surface area contributed by atoms with Crippen LogP contribution in [0, 0.1) is 13.8 Å². The fraction of sp³-hybridized carbons (Fsp3) is 0.222. The van der Waals surface area contributed by atoms with Crippen molar-refractivity contribution in [2.45, 2.75) is 38.6 Å². The lowest BCUT2D eigenvalue weighted by atomic mass is 10.0. The van der Waals surface area contributed by atoms with E-state index in [4.69, 9.17) is 4.42 Å². The van der Waals surface area contributed by atoms with E-state index in [9.17, 15) is 13.2 Å². The van der Waals surface area contributed by atoms with Gasteiger partial charge in [0, 0.05) is 18.7 Å². The van der Waals surface area contributed by atoms with E-state index >= 15 is 0 Å². The van der Waals surface area contributed by atoms with Crippen LogP contribution in [0.3, 0.4) is 0 Å².